The van der Waals surface area contributed by atoms with Crippen LogP contribution in [-0.2, 0) is 32.7 Å². The highest BCUT2D eigenvalue weighted by atomic mass is 32.2. The molecule has 8 heterocycles. The third-order valence-electron chi connectivity index (χ3n) is 13.4. The van der Waals surface area contributed by atoms with Gasteiger partial charge in [-0.3, -0.25) is 19.9 Å². The van der Waals surface area contributed by atoms with Crippen LogP contribution in [0, 0.1) is 32.1 Å². The number of esters is 2. The van der Waals surface area contributed by atoms with Crippen LogP contribution in [-0.4, -0.2) is 101 Å². The molecule has 2 fully saturated rings. The fraction of sp³-hybridized carbons (Fsp3) is 0.465. The first-order chi connectivity index (χ1) is 27.9. The number of nitrogens with one attached hydrogen (secondary N) is 2. The number of aliphatic hydroxyl groups excluding tert-OH is 1. The number of nitrogens with zero attached hydrogens (tertiary/aromatic N) is 3. The molecule has 4 bridgehead atoms. The smallest absolute Gasteiger partial charge is 0.333 e. The second kappa shape index (κ2) is 13.3. The number of likely N-dealkylation sites (N-methyl/N-ethyl adjacent to an activating group) is 1. The number of H-pyrrole nitrogens is 1. The fourth-order valence-electron chi connectivity index (χ4n) is 11.0. The summed E-state index contributed by atoms with van der Waals surface area (Å²) >= 11 is 1.49. The van der Waals surface area contributed by atoms with E-state index in [2.05, 4.69) is 32.2 Å². The standard InChI is InChI=1S/C43H45N5O9S/c1-18-7-8-26-24(9-18)25-12-23(14-49)46-43(41(25)45-26)16-58-40-32-31(39-38(55-17-56-39)20(3)37(32)57-21(4)50)29(15-54-42(43)52)48-28(13-44)27-11-22-10-19(2)36(53-6)35(51)30(22)33(34(40)48)47(27)5/h7-10,23,27-29,33-34,40,45-46,49,51H,11-12,14-17H2,1-6H3/t23-,27-,28-,29-,33+,34?,40+,43+/m0/s1. The van der Waals surface area contributed by atoms with Gasteiger partial charge in [0.2, 0.25) is 6.79 Å². The minimum Gasteiger partial charge on any atom is -0.504 e. The van der Waals surface area contributed by atoms with E-state index >= 15 is 4.79 Å². The number of phenols is 1. The number of nitriles is 1. The lowest BCUT2D eigenvalue weighted by Crippen LogP contribution is -2.69. The first-order valence-corrected chi connectivity index (χ1v) is 20.7. The van der Waals surface area contributed by atoms with Crippen molar-refractivity contribution in [1.82, 2.24) is 20.1 Å². The number of hydrogen-bond donors (Lipinski definition) is 4. The number of piperazine rings is 1. The van der Waals surface area contributed by atoms with Crippen molar-refractivity contribution in [1.29, 1.82) is 5.26 Å². The van der Waals surface area contributed by atoms with Crippen LogP contribution in [0.25, 0.3) is 10.9 Å². The fourth-order valence-corrected chi connectivity index (χ4v) is 12.7. The molecule has 3 aromatic carbocycles. The third-order valence-corrected chi connectivity index (χ3v) is 14.8. The number of aryl methyl sites for hydroxylation is 2. The molecule has 7 aliphatic heterocycles. The van der Waals surface area contributed by atoms with E-state index in [0.717, 1.165) is 33.2 Å². The molecular weight excluding hydrogens is 763 g/mol. The van der Waals surface area contributed by atoms with Gasteiger partial charge in [0, 0.05) is 64.0 Å². The maximum atomic E-state index is 15.1. The Labute approximate surface area is 339 Å². The zero-order valence-corrected chi connectivity index (χ0v) is 33.9. The van der Waals surface area contributed by atoms with E-state index in [9.17, 15) is 20.3 Å². The summed E-state index contributed by atoms with van der Waals surface area (Å²) in [7, 11) is 3.54. The van der Waals surface area contributed by atoms with E-state index in [-0.39, 0.29) is 37.6 Å². The van der Waals surface area contributed by atoms with Crippen LogP contribution in [0.1, 0.15) is 74.5 Å². The van der Waals surface area contributed by atoms with Crippen molar-refractivity contribution in [2.75, 3.05) is 39.9 Å². The average molecular weight is 808 g/mol. The Morgan fingerprint density at radius 1 is 1.10 bits per heavy atom. The highest BCUT2D eigenvalue weighted by Gasteiger charge is 2.62. The van der Waals surface area contributed by atoms with Crippen LogP contribution < -0.4 is 24.3 Å². The molecule has 58 heavy (non-hydrogen) atoms. The van der Waals surface area contributed by atoms with Crippen molar-refractivity contribution in [3.05, 3.63) is 74.5 Å². The number of carbonyl (C=O) groups excluding carboxylic acids is 2. The van der Waals surface area contributed by atoms with Crippen LogP contribution in [0.5, 0.6) is 28.7 Å². The number of methoxy groups -OCH3 is 1. The second-order valence-electron chi connectivity index (χ2n) is 16.5. The summed E-state index contributed by atoms with van der Waals surface area (Å²) in [5, 5.41) is 38.0. The Morgan fingerprint density at radius 3 is 2.64 bits per heavy atom. The monoisotopic (exact) mass is 807 g/mol. The van der Waals surface area contributed by atoms with Gasteiger partial charge in [0.15, 0.2) is 28.5 Å². The lowest BCUT2D eigenvalue weighted by molar-refractivity contribution is -0.158. The predicted molar refractivity (Wildman–Crippen MR) is 212 cm³/mol. The molecule has 302 valence electrons. The number of phenolic OH excluding ortho intramolecular Hbond substituents is 1. The number of hydrogen-bond acceptors (Lipinski definition) is 14. The number of aromatic amines is 1. The first-order valence-electron chi connectivity index (χ1n) is 19.6. The zero-order chi connectivity index (χ0) is 40.5. The van der Waals surface area contributed by atoms with Gasteiger partial charge >= 0.3 is 11.9 Å². The van der Waals surface area contributed by atoms with Crippen molar-refractivity contribution in [3.63, 3.8) is 0 Å². The molecule has 7 aliphatic rings. The van der Waals surface area contributed by atoms with E-state index in [1.807, 2.05) is 46.0 Å². The Balaban J connectivity index is 1.26. The molecule has 1 unspecified atom stereocenters. The third kappa shape index (κ3) is 4.99. The lowest BCUT2D eigenvalue weighted by atomic mass is 9.71. The second-order valence-corrected chi connectivity index (χ2v) is 17.6. The van der Waals surface area contributed by atoms with E-state index < -0.39 is 52.9 Å². The van der Waals surface area contributed by atoms with E-state index in [4.69, 9.17) is 23.7 Å². The topological polar surface area (TPSA) is 179 Å². The van der Waals surface area contributed by atoms with Crippen LogP contribution in [0.4, 0.5) is 0 Å². The minimum atomic E-state index is -1.43. The summed E-state index contributed by atoms with van der Waals surface area (Å²) in [5.41, 5.74) is 6.50. The maximum Gasteiger partial charge on any atom is 0.333 e. The van der Waals surface area contributed by atoms with Gasteiger partial charge in [0.25, 0.3) is 0 Å². The van der Waals surface area contributed by atoms with Crippen LogP contribution in [0.15, 0.2) is 24.3 Å². The highest BCUT2D eigenvalue weighted by molar-refractivity contribution is 7.99. The number of ether oxygens (including phenoxy) is 5. The van der Waals surface area contributed by atoms with Gasteiger partial charge < -0.3 is 38.9 Å². The van der Waals surface area contributed by atoms with Crippen molar-refractivity contribution in [2.45, 2.75) is 87.6 Å². The molecule has 1 spiro atoms. The van der Waals surface area contributed by atoms with Crippen molar-refractivity contribution in [3.8, 4) is 34.8 Å². The number of aromatic nitrogens is 1. The van der Waals surface area contributed by atoms with Crippen LogP contribution >= 0.6 is 11.8 Å². The average Bonchev–Trinajstić information content (AvgIpc) is 3.83. The highest BCUT2D eigenvalue weighted by Crippen LogP contribution is 2.64. The van der Waals surface area contributed by atoms with Crippen molar-refractivity contribution >= 4 is 34.6 Å². The number of aromatic hydroxyl groups is 1. The molecule has 1 aromatic heterocycles. The molecule has 15 heteroatoms. The van der Waals surface area contributed by atoms with E-state index in [1.165, 1.54) is 18.7 Å². The normalized spacial score (nSPS) is 29.6. The van der Waals surface area contributed by atoms with E-state index in [1.54, 1.807) is 7.11 Å². The summed E-state index contributed by atoms with van der Waals surface area (Å²) in [6.07, 6.45) is 0.983. The predicted octanol–water partition coefficient (Wildman–Crippen LogP) is 4.42. The van der Waals surface area contributed by atoms with E-state index in [0.29, 0.717) is 63.8 Å². The Morgan fingerprint density at radius 2 is 1.90 bits per heavy atom. The summed E-state index contributed by atoms with van der Waals surface area (Å²) in [4.78, 5) is 36.0. The maximum absolute atomic E-state index is 15.1. The Hall–Kier alpha value is -4.98. The number of benzene rings is 3. The van der Waals surface area contributed by atoms with Crippen molar-refractivity contribution < 1.29 is 43.5 Å². The molecule has 0 saturated carbocycles. The minimum absolute atomic E-state index is 0.0454. The Kier molecular flexibility index (Phi) is 8.53. The number of fused-ring (bicyclic) bond motifs is 11. The molecule has 0 amide bonds. The Bertz CT molecular complexity index is 2500. The summed E-state index contributed by atoms with van der Waals surface area (Å²) < 4.78 is 30.8. The molecule has 0 radical (unpaired) electrons. The SMILES string of the molecule is COc1c(C)cc2c(c1O)[C@@H]1C3[C@@H]4SC[C@]5(N[C@H](CO)Cc6c5[nH]c5ccc(C)cc65)C(=O)OC[C@@H](c5c6c(c(C)c(OC(C)=O)c54)OCO6)N3[C@@H](C#N)[C@H](C2)N1C. The molecule has 11 rings (SSSR count). The molecular formula is C43H45N5O9S. The van der Waals surface area contributed by atoms with Gasteiger partial charge in [-0.25, -0.2) is 4.79 Å². The first kappa shape index (κ1) is 37.3. The van der Waals surface area contributed by atoms with Crippen LogP contribution in [0.3, 0.4) is 0 Å². The van der Waals surface area contributed by atoms with Gasteiger partial charge in [-0.05, 0) is 69.5 Å². The molecule has 0 aliphatic carbocycles. The quantitative estimate of drug-likeness (QED) is 0.169. The van der Waals surface area contributed by atoms with Crippen LogP contribution in [0.2, 0.25) is 0 Å². The molecule has 8 atom stereocenters. The number of carbonyl (C=O) groups is 2. The summed E-state index contributed by atoms with van der Waals surface area (Å²) in [6, 6.07) is 7.60. The van der Waals surface area contributed by atoms with Gasteiger partial charge in [0.05, 0.1) is 42.8 Å². The lowest BCUT2D eigenvalue weighted by Gasteiger charge is -2.62. The summed E-state index contributed by atoms with van der Waals surface area (Å²) in [5.74, 6) is 0.761. The molecule has 2 saturated heterocycles. The summed E-state index contributed by atoms with van der Waals surface area (Å²) in [6.45, 7) is 6.67. The van der Waals surface area contributed by atoms with Gasteiger partial charge in [-0.15, -0.1) is 11.8 Å². The number of rotatable bonds is 3. The van der Waals surface area contributed by atoms with Gasteiger partial charge in [-0.1, -0.05) is 17.7 Å². The van der Waals surface area contributed by atoms with Crippen molar-refractivity contribution in [2.24, 2.45) is 0 Å². The largest absolute Gasteiger partial charge is 0.504 e. The number of aliphatic hydroxyl groups is 1. The van der Waals surface area contributed by atoms with Gasteiger partial charge in [-0.2, -0.15) is 5.26 Å². The molecule has 4 aromatic rings. The zero-order valence-electron chi connectivity index (χ0n) is 33.1. The number of thioether (sulfide) groups is 1. The molecule has 14 nitrogen and oxygen atoms in total. The molecule has 4 N–H and O–H groups in total. The van der Waals surface area contributed by atoms with Gasteiger partial charge in [0.1, 0.15) is 18.4 Å².